The van der Waals surface area contributed by atoms with Gasteiger partial charge < -0.3 is 16.0 Å². The number of halogens is 1. The zero-order valence-corrected chi connectivity index (χ0v) is 11.3. The van der Waals surface area contributed by atoms with Gasteiger partial charge in [-0.15, -0.1) is 0 Å². The molecule has 1 saturated heterocycles. The highest BCUT2D eigenvalue weighted by Crippen LogP contribution is 2.19. The molecule has 1 heterocycles. The average Bonchev–Trinajstić information content (AvgIpc) is 2.48. The van der Waals surface area contributed by atoms with Gasteiger partial charge in [-0.2, -0.15) is 0 Å². The SMILES string of the molecule is N/C(=N\O)c1ccc(CN2CCCC(CO)C2)c(F)c1. The molecule has 0 amide bonds. The van der Waals surface area contributed by atoms with Gasteiger partial charge in [-0.25, -0.2) is 4.39 Å². The second kappa shape index (κ2) is 6.67. The summed E-state index contributed by atoms with van der Waals surface area (Å²) >= 11 is 0. The third-order valence-corrected chi connectivity index (χ3v) is 3.71. The van der Waals surface area contributed by atoms with Crippen LogP contribution in [0.1, 0.15) is 24.0 Å². The second-order valence-corrected chi connectivity index (χ2v) is 5.22. The van der Waals surface area contributed by atoms with Gasteiger partial charge in [-0.1, -0.05) is 17.3 Å². The van der Waals surface area contributed by atoms with Gasteiger partial charge in [0.05, 0.1) is 0 Å². The fourth-order valence-electron chi connectivity index (χ4n) is 2.58. The molecule has 110 valence electrons. The first-order chi connectivity index (χ1) is 9.63. The largest absolute Gasteiger partial charge is 0.409 e. The van der Waals surface area contributed by atoms with E-state index in [-0.39, 0.29) is 24.2 Å². The lowest BCUT2D eigenvalue weighted by Crippen LogP contribution is -2.36. The number of hydrogen-bond donors (Lipinski definition) is 3. The van der Waals surface area contributed by atoms with Crippen molar-refractivity contribution in [2.24, 2.45) is 16.8 Å². The summed E-state index contributed by atoms with van der Waals surface area (Å²) in [6.07, 6.45) is 2.05. The highest BCUT2D eigenvalue weighted by Gasteiger charge is 2.20. The Bertz CT molecular complexity index is 493. The third kappa shape index (κ3) is 3.46. The molecule has 1 aliphatic heterocycles. The van der Waals surface area contributed by atoms with Crippen molar-refractivity contribution in [3.05, 3.63) is 35.1 Å². The molecule has 0 saturated carbocycles. The minimum atomic E-state index is -0.361. The molecule has 1 unspecified atom stereocenters. The Balaban J connectivity index is 2.06. The van der Waals surface area contributed by atoms with Crippen molar-refractivity contribution in [1.82, 2.24) is 4.90 Å². The number of likely N-dealkylation sites (tertiary alicyclic amines) is 1. The van der Waals surface area contributed by atoms with Gasteiger partial charge in [-0.3, -0.25) is 4.90 Å². The summed E-state index contributed by atoms with van der Waals surface area (Å²) in [4.78, 5) is 2.14. The van der Waals surface area contributed by atoms with Crippen molar-refractivity contribution >= 4 is 5.84 Å². The van der Waals surface area contributed by atoms with E-state index in [4.69, 9.17) is 10.9 Å². The number of piperidine rings is 1. The minimum absolute atomic E-state index is 0.103. The van der Waals surface area contributed by atoms with Crippen LogP contribution in [0, 0.1) is 11.7 Å². The number of rotatable bonds is 4. The summed E-state index contributed by atoms with van der Waals surface area (Å²) in [6, 6.07) is 4.57. The van der Waals surface area contributed by atoms with E-state index in [0.29, 0.717) is 17.7 Å². The summed E-state index contributed by atoms with van der Waals surface area (Å²) < 4.78 is 14.0. The van der Waals surface area contributed by atoms with Gasteiger partial charge in [0.25, 0.3) is 0 Å². The molecule has 20 heavy (non-hydrogen) atoms. The van der Waals surface area contributed by atoms with E-state index >= 15 is 0 Å². The van der Waals surface area contributed by atoms with Gasteiger partial charge in [0.15, 0.2) is 5.84 Å². The molecule has 1 aliphatic rings. The number of aliphatic hydroxyl groups is 1. The quantitative estimate of drug-likeness (QED) is 0.334. The zero-order chi connectivity index (χ0) is 14.5. The van der Waals surface area contributed by atoms with E-state index in [1.165, 1.54) is 6.07 Å². The van der Waals surface area contributed by atoms with E-state index in [9.17, 15) is 9.50 Å². The van der Waals surface area contributed by atoms with Crippen molar-refractivity contribution in [2.45, 2.75) is 19.4 Å². The van der Waals surface area contributed by atoms with Gasteiger partial charge >= 0.3 is 0 Å². The Morgan fingerprint density at radius 3 is 2.95 bits per heavy atom. The van der Waals surface area contributed by atoms with E-state index in [2.05, 4.69) is 10.1 Å². The van der Waals surface area contributed by atoms with Gasteiger partial charge in [0.2, 0.25) is 0 Å². The van der Waals surface area contributed by atoms with Crippen LogP contribution in [0.5, 0.6) is 0 Å². The molecule has 5 nitrogen and oxygen atoms in total. The van der Waals surface area contributed by atoms with Crippen molar-refractivity contribution < 1.29 is 14.7 Å². The van der Waals surface area contributed by atoms with Gasteiger partial charge in [0.1, 0.15) is 5.82 Å². The molecule has 1 atom stereocenters. The van der Waals surface area contributed by atoms with Crippen molar-refractivity contribution in [3.8, 4) is 0 Å². The predicted molar refractivity (Wildman–Crippen MR) is 74.0 cm³/mol. The van der Waals surface area contributed by atoms with Crippen molar-refractivity contribution in [3.63, 3.8) is 0 Å². The summed E-state index contributed by atoms with van der Waals surface area (Å²) in [7, 11) is 0. The number of nitrogens with zero attached hydrogens (tertiary/aromatic N) is 2. The molecule has 1 aromatic carbocycles. The maximum absolute atomic E-state index is 14.0. The summed E-state index contributed by atoms with van der Waals surface area (Å²) in [5.41, 5.74) is 6.37. The highest BCUT2D eigenvalue weighted by molar-refractivity contribution is 5.97. The first-order valence-corrected chi connectivity index (χ1v) is 6.73. The molecule has 2 rings (SSSR count). The summed E-state index contributed by atoms with van der Waals surface area (Å²) in [6.45, 7) is 2.40. The Morgan fingerprint density at radius 1 is 1.50 bits per heavy atom. The molecule has 6 heteroatoms. The van der Waals surface area contributed by atoms with E-state index in [1.807, 2.05) is 0 Å². The minimum Gasteiger partial charge on any atom is -0.409 e. The molecule has 0 radical (unpaired) electrons. The number of nitrogens with two attached hydrogens (primary N) is 1. The third-order valence-electron chi connectivity index (χ3n) is 3.71. The lowest BCUT2D eigenvalue weighted by atomic mass is 9.98. The molecule has 0 bridgehead atoms. The molecule has 1 fully saturated rings. The van der Waals surface area contributed by atoms with Crippen molar-refractivity contribution in [1.29, 1.82) is 0 Å². The molecule has 0 aromatic heterocycles. The van der Waals surface area contributed by atoms with Crippen LogP contribution in [0.25, 0.3) is 0 Å². The van der Waals surface area contributed by atoms with Crippen molar-refractivity contribution in [2.75, 3.05) is 19.7 Å². The Hall–Kier alpha value is -1.66. The maximum Gasteiger partial charge on any atom is 0.170 e. The molecule has 0 spiro atoms. The standard InChI is InChI=1S/C14H20FN3O2/c15-13-6-11(14(16)17-20)3-4-12(13)8-18-5-1-2-10(7-18)9-19/h3-4,6,10,19-20H,1-2,5,7-9H2,(H2,16,17). The van der Waals surface area contributed by atoms with Crippen LogP contribution in [0.4, 0.5) is 4.39 Å². The molecular weight excluding hydrogens is 261 g/mol. The van der Waals surface area contributed by atoms with Crippen LogP contribution in [-0.2, 0) is 6.54 Å². The number of amidine groups is 1. The predicted octanol–water partition coefficient (Wildman–Crippen LogP) is 1.12. The number of oxime groups is 1. The molecular formula is C14H20FN3O2. The first-order valence-electron chi connectivity index (χ1n) is 6.73. The van der Waals surface area contributed by atoms with E-state index < -0.39 is 0 Å². The van der Waals surface area contributed by atoms with Crippen LogP contribution in [0.15, 0.2) is 23.4 Å². The fraction of sp³-hybridized carbons (Fsp3) is 0.500. The summed E-state index contributed by atoms with van der Waals surface area (Å²) in [5, 5.41) is 20.6. The summed E-state index contributed by atoms with van der Waals surface area (Å²) in [5.74, 6) is -0.183. The normalized spacial score (nSPS) is 21.1. The highest BCUT2D eigenvalue weighted by atomic mass is 19.1. The number of hydrogen-bond acceptors (Lipinski definition) is 4. The maximum atomic E-state index is 14.0. The Kier molecular flexibility index (Phi) is 4.92. The average molecular weight is 281 g/mol. The van der Waals surface area contributed by atoms with Crippen LogP contribution in [0.2, 0.25) is 0 Å². The monoisotopic (exact) mass is 281 g/mol. The fourth-order valence-corrected chi connectivity index (χ4v) is 2.58. The second-order valence-electron chi connectivity index (χ2n) is 5.22. The Labute approximate surface area is 117 Å². The molecule has 1 aromatic rings. The van der Waals surface area contributed by atoms with Gasteiger partial charge in [-0.05, 0) is 31.4 Å². The number of aliphatic hydroxyl groups excluding tert-OH is 1. The van der Waals surface area contributed by atoms with Crippen LogP contribution < -0.4 is 5.73 Å². The van der Waals surface area contributed by atoms with E-state index in [1.54, 1.807) is 12.1 Å². The van der Waals surface area contributed by atoms with E-state index in [0.717, 1.165) is 25.9 Å². The van der Waals surface area contributed by atoms with Crippen LogP contribution in [0.3, 0.4) is 0 Å². The smallest absolute Gasteiger partial charge is 0.170 e. The first kappa shape index (κ1) is 14.7. The topological polar surface area (TPSA) is 82.1 Å². The lowest BCUT2D eigenvalue weighted by molar-refractivity contribution is 0.115. The van der Waals surface area contributed by atoms with Crippen LogP contribution >= 0.6 is 0 Å². The molecule has 4 N–H and O–H groups in total. The van der Waals surface area contributed by atoms with Crippen LogP contribution in [-0.4, -0.2) is 40.7 Å². The Morgan fingerprint density at radius 2 is 2.30 bits per heavy atom. The molecule has 0 aliphatic carbocycles. The lowest BCUT2D eigenvalue weighted by Gasteiger charge is -2.31. The van der Waals surface area contributed by atoms with Gasteiger partial charge in [0, 0.05) is 30.8 Å². The number of benzene rings is 1. The zero-order valence-electron chi connectivity index (χ0n) is 11.3.